The molecule has 0 radical (unpaired) electrons. The Balaban J connectivity index is 2.47. The SMILES string of the molecule is NC(N)=NC(N)=Nc1ccc2ccc(=O)[nH]c2c1. The molecule has 0 saturated carbocycles. The van der Waals surface area contributed by atoms with Crippen molar-refractivity contribution in [3.05, 3.63) is 40.7 Å². The van der Waals surface area contributed by atoms with Crippen LogP contribution >= 0.6 is 0 Å². The second-order valence-electron chi connectivity index (χ2n) is 3.60. The van der Waals surface area contributed by atoms with E-state index in [4.69, 9.17) is 17.2 Å². The van der Waals surface area contributed by atoms with Crippen LogP contribution in [0.5, 0.6) is 0 Å². The van der Waals surface area contributed by atoms with Crippen LogP contribution in [-0.4, -0.2) is 16.9 Å². The maximum absolute atomic E-state index is 11.2. The van der Waals surface area contributed by atoms with Gasteiger partial charge in [0.05, 0.1) is 11.2 Å². The van der Waals surface area contributed by atoms with Gasteiger partial charge < -0.3 is 22.2 Å². The highest BCUT2D eigenvalue weighted by Gasteiger charge is 1.97. The zero-order valence-corrected chi connectivity index (χ0v) is 9.42. The van der Waals surface area contributed by atoms with E-state index in [0.29, 0.717) is 11.2 Å². The van der Waals surface area contributed by atoms with Crippen LogP contribution in [0.25, 0.3) is 10.9 Å². The Labute approximate surface area is 102 Å². The highest BCUT2D eigenvalue weighted by atomic mass is 16.1. The average molecular weight is 244 g/mol. The molecule has 0 bridgehead atoms. The van der Waals surface area contributed by atoms with E-state index < -0.39 is 0 Å². The van der Waals surface area contributed by atoms with Gasteiger partial charge in [0.2, 0.25) is 11.5 Å². The number of hydrogen-bond acceptors (Lipinski definition) is 2. The van der Waals surface area contributed by atoms with Crippen LogP contribution < -0.4 is 22.8 Å². The summed E-state index contributed by atoms with van der Waals surface area (Å²) in [6, 6.07) is 8.43. The van der Waals surface area contributed by atoms with Crippen molar-refractivity contribution in [1.29, 1.82) is 0 Å². The molecular weight excluding hydrogens is 232 g/mol. The predicted molar refractivity (Wildman–Crippen MR) is 71.7 cm³/mol. The molecule has 0 spiro atoms. The Kier molecular flexibility index (Phi) is 2.96. The van der Waals surface area contributed by atoms with E-state index in [0.717, 1.165) is 5.39 Å². The van der Waals surface area contributed by atoms with Gasteiger partial charge in [-0.05, 0) is 23.6 Å². The number of rotatable bonds is 1. The monoisotopic (exact) mass is 244 g/mol. The number of H-pyrrole nitrogens is 1. The average Bonchev–Trinajstić information content (AvgIpc) is 2.27. The number of hydrogen-bond donors (Lipinski definition) is 4. The molecule has 1 aromatic heterocycles. The second kappa shape index (κ2) is 4.58. The van der Waals surface area contributed by atoms with Crippen molar-refractivity contribution < 1.29 is 0 Å². The number of pyridine rings is 1. The molecule has 0 saturated heterocycles. The van der Waals surface area contributed by atoms with Crippen molar-refractivity contribution in [3.8, 4) is 0 Å². The standard InChI is InChI=1S/C11H12N6O/c12-10(13)17-11(14)15-7-3-1-6-2-4-9(18)16-8(6)5-7/h1-5H,(H,16,18)(H6,12,13,14,15,17). The van der Waals surface area contributed by atoms with Crippen LogP contribution in [0.15, 0.2) is 45.1 Å². The lowest BCUT2D eigenvalue weighted by Crippen LogP contribution is -2.26. The molecule has 7 heteroatoms. The number of nitrogens with zero attached hydrogens (tertiary/aromatic N) is 2. The van der Waals surface area contributed by atoms with Gasteiger partial charge in [-0.15, -0.1) is 0 Å². The number of guanidine groups is 2. The molecule has 7 N–H and O–H groups in total. The van der Waals surface area contributed by atoms with Gasteiger partial charge in [0.15, 0.2) is 5.96 Å². The molecule has 0 aliphatic heterocycles. The first kappa shape index (κ1) is 11.6. The quantitative estimate of drug-likeness (QED) is 0.406. The highest BCUT2D eigenvalue weighted by Crippen LogP contribution is 2.18. The minimum absolute atomic E-state index is 0.0485. The summed E-state index contributed by atoms with van der Waals surface area (Å²) in [6.07, 6.45) is 0. The summed E-state index contributed by atoms with van der Waals surface area (Å²) in [7, 11) is 0. The van der Waals surface area contributed by atoms with Gasteiger partial charge in [-0.2, -0.15) is 4.99 Å². The molecule has 7 nitrogen and oxygen atoms in total. The first-order valence-corrected chi connectivity index (χ1v) is 5.11. The Morgan fingerprint density at radius 1 is 1.11 bits per heavy atom. The summed E-state index contributed by atoms with van der Waals surface area (Å²) in [5, 5.41) is 0.897. The molecule has 92 valence electrons. The number of aromatic amines is 1. The Bertz CT molecular complexity index is 696. The summed E-state index contributed by atoms with van der Waals surface area (Å²) in [4.78, 5) is 21.5. The van der Waals surface area contributed by atoms with Gasteiger partial charge in [-0.3, -0.25) is 4.79 Å². The molecule has 18 heavy (non-hydrogen) atoms. The zero-order chi connectivity index (χ0) is 13.1. The van der Waals surface area contributed by atoms with Crippen LogP contribution in [0.1, 0.15) is 0 Å². The third-order valence-electron chi connectivity index (χ3n) is 2.20. The van der Waals surface area contributed by atoms with E-state index >= 15 is 0 Å². The maximum atomic E-state index is 11.2. The molecule has 1 aromatic carbocycles. The van der Waals surface area contributed by atoms with Crippen LogP contribution in [0.2, 0.25) is 0 Å². The fraction of sp³-hybridized carbons (Fsp3) is 0. The largest absolute Gasteiger partial charge is 0.370 e. The summed E-state index contributed by atoms with van der Waals surface area (Å²) in [6.45, 7) is 0. The smallest absolute Gasteiger partial charge is 0.248 e. The van der Waals surface area contributed by atoms with Gasteiger partial charge in [-0.25, -0.2) is 4.99 Å². The summed E-state index contributed by atoms with van der Waals surface area (Å²) in [5.74, 6) is -0.210. The predicted octanol–water partition coefficient (Wildman–Crippen LogP) is -0.252. The number of nitrogens with two attached hydrogens (primary N) is 3. The number of benzene rings is 1. The number of fused-ring (bicyclic) bond motifs is 1. The number of aliphatic imine (C=N–C) groups is 2. The van der Waals surface area contributed by atoms with E-state index in [2.05, 4.69) is 15.0 Å². The van der Waals surface area contributed by atoms with Gasteiger partial charge >= 0.3 is 0 Å². The molecular formula is C11H12N6O. The van der Waals surface area contributed by atoms with Crippen molar-refractivity contribution in [2.45, 2.75) is 0 Å². The topological polar surface area (TPSA) is 136 Å². The second-order valence-corrected chi connectivity index (χ2v) is 3.60. The fourth-order valence-electron chi connectivity index (χ4n) is 1.50. The minimum atomic E-state index is -0.180. The third-order valence-corrected chi connectivity index (χ3v) is 2.20. The summed E-state index contributed by atoms with van der Waals surface area (Å²) in [5.41, 5.74) is 16.9. The molecule has 2 aromatic rings. The van der Waals surface area contributed by atoms with Gasteiger partial charge in [-0.1, -0.05) is 6.07 Å². The van der Waals surface area contributed by atoms with Crippen LogP contribution in [0.3, 0.4) is 0 Å². The van der Waals surface area contributed by atoms with Crippen molar-refractivity contribution >= 4 is 28.5 Å². The summed E-state index contributed by atoms with van der Waals surface area (Å²) >= 11 is 0. The molecule has 0 fully saturated rings. The highest BCUT2D eigenvalue weighted by molar-refractivity contribution is 5.94. The Hall–Kier alpha value is -2.83. The van der Waals surface area contributed by atoms with E-state index in [1.807, 2.05) is 6.07 Å². The van der Waals surface area contributed by atoms with Crippen molar-refractivity contribution in [2.75, 3.05) is 0 Å². The normalized spacial score (nSPS) is 11.4. The molecule has 1 heterocycles. The van der Waals surface area contributed by atoms with Crippen molar-refractivity contribution in [1.82, 2.24) is 4.98 Å². The Morgan fingerprint density at radius 3 is 2.56 bits per heavy atom. The van der Waals surface area contributed by atoms with E-state index in [-0.39, 0.29) is 17.5 Å². The zero-order valence-electron chi connectivity index (χ0n) is 9.42. The van der Waals surface area contributed by atoms with Crippen LogP contribution in [0.4, 0.5) is 5.69 Å². The first-order valence-electron chi connectivity index (χ1n) is 5.11. The maximum Gasteiger partial charge on any atom is 0.248 e. The fourth-order valence-corrected chi connectivity index (χ4v) is 1.50. The molecule has 2 rings (SSSR count). The minimum Gasteiger partial charge on any atom is -0.370 e. The van der Waals surface area contributed by atoms with Gasteiger partial charge in [0.25, 0.3) is 0 Å². The van der Waals surface area contributed by atoms with Crippen molar-refractivity contribution in [3.63, 3.8) is 0 Å². The number of aromatic nitrogens is 1. The molecule has 0 aliphatic rings. The summed E-state index contributed by atoms with van der Waals surface area (Å²) < 4.78 is 0. The van der Waals surface area contributed by atoms with Crippen LogP contribution in [-0.2, 0) is 0 Å². The Morgan fingerprint density at radius 2 is 1.83 bits per heavy atom. The molecule has 0 amide bonds. The lowest BCUT2D eigenvalue weighted by molar-refractivity contribution is 1.30. The van der Waals surface area contributed by atoms with E-state index in [1.165, 1.54) is 6.07 Å². The van der Waals surface area contributed by atoms with E-state index in [9.17, 15) is 4.79 Å². The molecule has 0 aliphatic carbocycles. The van der Waals surface area contributed by atoms with Gasteiger partial charge in [0.1, 0.15) is 0 Å². The van der Waals surface area contributed by atoms with Crippen LogP contribution in [0, 0.1) is 0 Å². The lowest BCUT2D eigenvalue weighted by Gasteiger charge is -1.99. The third kappa shape index (κ3) is 2.64. The van der Waals surface area contributed by atoms with Crippen molar-refractivity contribution in [2.24, 2.45) is 27.2 Å². The first-order chi connectivity index (χ1) is 8.54. The van der Waals surface area contributed by atoms with E-state index in [1.54, 1.807) is 18.2 Å². The lowest BCUT2D eigenvalue weighted by atomic mass is 10.2. The molecule has 0 unspecified atom stereocenters. The molecule has 0 atom stereocenters. The van der Waals surface area contributed by atoms with Gasteiger partial charge in [0, 0.05) is 6.07 Å². The number of nitrogens with one attached hydrogen (secondary N) is 1.